The van der Waals surface area contributed by atoms with Crippen LogP contribution in [0.25, 0.3) is 0 Å². The van der Waals surface area contributed by atoms with E-state index in [1.165, 1.54) is 31.4 Å². The van der Waals surface area contributed by atoms with E-state index in [-0.39, 0.29) is 11.4 Å². The summed E-state index contributed by atoms with van der Waals surface area (Å²) in [5.74, 6) is -0.296. The van der Waals surface area contributed by atoms with Gasteiger partial charge in [-0.25, -0.2) is 4.39 Å². The predicted molar refractivity (Wildman–Crippen MR) is 76.7 cm³/mol. The van der Waals surface area contributed by atoms with Crippen molar-refractivity contribution >= 4 is 5.69 Å². The van der Waals surface area contributed by atoms with E-state index in [0.29, 0.717) is 12.0 Å². The number of nitrogens with two attached hydrogens (primary N) is 1. The van der Waals surface area contributed by atoms with Crippen LogP contribution in [0.2, 0.25) is 0 Å². The Morgan fingerprint density at radius 2 is 1.95 bits per heavy atom. The van der Waals surface area contributed by atoms with Gasteiger partial charge in [0, 0.05) is 18.2 Å². The van der Waals surface area contributed by atoms with Gasteiger partial charge in [-0.3, -0.25) is 10.1 Å². The van der Waals surface area contributed by atoms with Crippen LogP contribution in [0, 0.1) is 15.9 Å². The van der Waals surface area contributed by atoms with Crippen molar-refractivity contribution in [2.24, 2.45) is 5.73 Å². The number of benzene rings is 2. The van der Waals surface area contributed by atoms with Crippen LogP contribution in [0.3, 0.4) is 0 Å². The maximum atomic E-state index is 13.6. The number of rotatable bonds is 5. The number of non-ortho nitro benzene ring substituents is 1. The Morgan fingerprint density at radius 3 is 2.48 bits per heavy atom. The quantitative estimate of drug-likeness (QED) is 0.678. The fourth-order valence-corrected chi connectivity index (χ4v) is 2.04. The van der Waals surface area contributed by atoms with Crippen molar-refractivity contribution in [3.05, 3.63) is 69.5 Å². The third-order valence-corrected chi connectivity index (χ3v) is 3.21. The Hall–Kier alpha value is -2.47. The van der Waals surface area contributed by atoms with Gasteiger partial charge in [0.25, 0.3) is 5.69 Å². The zero-order chi connectivity index (χ0) is 15.4. The zero-order valence-electron chi connectivity index (χ0n) is 11.5. The molecule has 1 unspecified atom stereocenters. The number of ether oxygens (including phenoxy) is 1. The molecule has 0 amide bonds. The molecule has 0 saturated carbocycles. The first-order valence-electron chi connectivity index (χ1n) is 6.33. The SMILES string of the molecule is COc1ccc(C(N)Cc2ccc([N+](=O)[O-])cc2)cc1F. The van der Waals surface area contributed by atoms with Gasteiger partial charge in [-0.2, -0.15) is 0 Å². The summed E-state index contributed by atoms with van der Waals surface area (Å²) in [5.41, 5.74) is 7.57. The molecule has 1 atom stereocenters. The summed E-state index contributed by atoms with van der Waals surface area (Å²) in [6.07, 6.45) is 0.462. The van der Waals surface area contributed by atoms with Gasteiger partial charge in [0.1, 0.15) is 0 Å². The molecule has 2 N–H and O–H groups in total. The molecule has 5 nitrogen and oxygen atoms in total. The van der Waals surface area contributed by atoms with Crippen LogP contribution in [0.4, 0.5) is 10.1 Å². The second-order valence-corrected chi connectivity index (χ2v) is 4.63. The molecule has 0 fully saturated rings. The number of halogens is 1. The summed E-state index contributed by atoms with van der Waals surface area (Å²) in [5, 5.41) is 10.6. The van der Waals surface area contributed by atoms with Gasteiger partial charge in [0.05, 0.1) is 12.0 Å². The first-order chi connectivity index (χ1) is 10.0. The fourth-order valence-electron chi connectivity index (χ4n) is 2.04. The van der Waals surface area contributed by atoms with Crippen molar-refractivity contribution in [3.8, 4) is 5.75 Å². The highest BCUT2D eigenvalue weighted by Gasteiger charge is 2.12. The molecule has 110 valence electrons. The molecule has 0 saturated heterocycles. The summed E-state index contributed by atoms with van der Waals surface area (Å²) in [4.78, 5) is 10.1. The van der Waals surface area contributed by atoms with Gasteiger partial charge in [-0.15, -0.1) is 0 Å². The molecular formula is C15H15FN2O3. The highest BCUT2D eigenvalue weighted by atomic mass is 19.1. The van der Waals surface area contributed by atoms with E-state index in [2.05, 4.69) is 0 Å². The largest absolute Gasteiger partial charge is 0.494 e. The van der Waals surface area contributed by atoms with Crippen molar-refractivity contribution in [2.45, 2.75) is 12.5 Å². The minimum atomic E-state index is -0.464. The van der Waals surface area contributed by atoms with E-state index in [9.17, 15) is 14.5 Å². The van der Waals surface area contributed by atoms with E-state index in [1.54, 1.807) is 18.2 Å². The third kappa shape index (κ3) is 3.55. The van der Waals surface area contributed by atoms with Gasteiger partial charge in [0.2, 0.25) is 0 Å². The highest BCUT2D eigenvalue weighted by molar-refractivity contribution is 5.35. The van der Waals surface area contributed by atoms with E-state index >= 15 is 0 Å². The van der Waals surface area contributed by atoms with Crippen LogP contribution >= 0.6 is 0 Å². The van der Waals surface area contributed by atoms with Crippen molar-refractivity contribution in [1.82, 2.24) is 0 Å². The smallest absolute Gasteiger partial charge is 0.269 e. The van der Waals surface area contributed by atoms with Gasteiger partial charge in [-0.05, 0) is 29.7 Å². The van der Waals surface area contributed by atoms with Crippen LogP contribution < -0.4 is 10.5 Å². The summed E-state index contributed by atoms with van der Waals surface area (Å²) in [6.45, 7) is 0. The topological polar surface area (TPSA) is 78.4 Å². The number of hydrogen-bond donors (Lipinski definition) is 1. The lowest BCUT2D eigenvalue weighted by atomic mass is 9.99. The molecule has 0 spiro atoms. The molecule has 2 rings (SSSR count). The van der Waals surface area contributed by atoms with E-state index in [4.69, 9.17) is 10.5 Å². The lowest BCUT2D eigenvalue weighted by Gasteiger charge is -2.13. The van der Waals surface area contributed by atoms with E-state index in [1.807, 2.05) is 0 Å². The van der Waals surface area contributed by atoms with Gasteiger partial charge in [-0.1, -0.05) is 18.2 Å². The van der Waals surface area contributed by atoms with Crippen LogP contribution in [0.5, 0.6) is 5.75 Å². The first kappa shape index (κ1) is 14.9. The van der Waals surface area contributed by atoms with Gasteiger partial charge in [0.15, 0.2) is 11.6 Å². The fraction of sp³-hybridized carbons (Fsp3) is 0.200. The molecule has 0 bridgehead atoms. The van der Waals surface area contributed by atoms with Crippen molar-refractivity contribution in [1.29, 1.82) is 0 Å². The van der Waals surface area contributed by atoms with E-state index in [0.717, 1.165) is 5.56 Å². The number of nitro benzene ring substituents is 1. The molecule has 0 aliphatic heterocycles. The molecule has 2 aromatic rings. The summed E-state index contributed by atoms with van der Waals surface area (Å²) < 4.78 is 18.5. The normalized spacial score (nSPS) is 12.0. The Bertz CT molecular complexity index is 644. The Morgan fingerprint density at radius 1 is 1.29 bits per heavy atom. The Labute approximate surface area is 121 Å². The summed E-state index contributed by atoms with van der Waals surface area (Å²) in [6, 6.07) is 10.3. The number of methoxy groups -OCH3 is 1. The third-order valence-electron chi connectivity index (χ3n) is 3.21. The van der Waals surface area contributed by atoms with Gasteiger partial charge >= 0.3 is 0 Å². The lowest BCUT2D eigenvalue weighted by Crippen LogP contribution is -2.13. The first-order valence-corrected chi connectivity index (χ1v) is 6.33. The molecule has 2 aromatic carbocycles. The minimum absolute atomic E-state index is 0.0304. The number of nitro groups is 1. The maximum absolute atomic E-state index is 13.6. The standard InChI is InChI=1S/C15H15FN2O3/c1-21-15-7-4-11(9-13(15)16)14(17)8-10-2-5-12(6-3-10)18(19)20/h2-7,9,14H,8,17H2,1H3. The van der Waals surface area contributed by atoms with Crippen LogP contribution in [0.15, 0.2) is 42.5 Å². The average Bonchev–Trinajstić information content (AvgIpc) is 2.47. The molecule has 0 radical (unpaired) electrons. The second kappa shape index (κ2) is 6.32. The Balaban J connectivity index is 2.12. The van der Waals surface area contributed by atoms with Crippen LogP contribution in [0.1, 0.15) is 17.2 Å². The molecule has 0 aromatic heterocycles. The molecule has 0 aliphatic carbocycles. The molecular weight excluding hydrogens is 275 g/mol. The average molecular weight is 290 g/mol. The minimum Gasteiger partial charge on any atom is -0.494 e. The Kier molecular flexibility index (Phi) is 4.49. The molecule has 21 heavy (non-hydrogen) atoms. The van der Waals surface area contributed by atoms with Crippen molar-refractivity contribution in [3.63, 3.8) is 0 Å². The van der Waals surface area contributed by atoms with Crippen LogP contribution in [-0.4, -0.2) is 12.0 Å². The molecule has 0 aliphatic rings. The van der Waals surface area contributed by atoms with Crippen LogP contribution in [-0.2, 0) is 6.42 Å². The summed E-state index contributed by atoms with van der Waals surface area (Å²) in [7, 11) is 1.40. The number of nitrogens with zero attached hydrogens (tertiary/aromatic N) is 1. The monoisotopic (exact) mass is 290 g/mol. The highest BCUT2D eigenvalue weighted by Crippen LogP contribution is 2.23. The van der Waals surface area contributed by atoms with Gasteiger partial charge < -0.3 is 10.5 Å². The van der Waals surface area contributed by atoms with Crippen molar-refractivity contribution in [2.75, 3.05) is 7.11 Å². The van der Waals surface area contributed by atoms with Crippen molar-refractivity contribution < 1.29 is 14.1 Å². The lowest BCUT2D eigenvalue weighted by molar-refractivity contribution is -0.384. The molecule has 0 heterocycles. The predicted octanol–water partition coefficient (Wildman–Crippen LogP) is 2.99. The zero-order valence-corrected chi connectivity index (χ0v) is 11.5. The molecule has 6 heteroatoms. The van der Waals surface area contributed by atoms with E-state index < -0.39 is 16.8 Å². The second-order valence-electron chi connectivity index (χ2n) is 4.63. The number of hydrogen-bond acceptors (Lipinski definition) is 4. The summed E-state index contributed by atoms with van der Waals surface area (Å²) >= 11 is 0. The maximum Gasteiger partial charge on any atom is 0.269 e.